The molecule has 9 heteroatoms. The topological polar surface area (TPSA) is 147 Å². The number of hydrogen-bond donors (Lipinski definition) is 3. The monoisotopic (exact) mass is 428 g/mol. The first-order chi connectivity index (χ1) is 13.8. The molecule has 3 N–H and O–H groups in total. The summed E-state index contributed by atoms with van der Waals surface area (Å²) in [5.41, 5.74) is 0.650. The van der Waals surface area contributed by atoms with E-state index in [4.69, 9.17) is 20.1 Å². The fourth-order valence-electron chi connectivity index (χ4n) is 1.05. The van der Waals surface area contributed by atoms with E-state index in [0.29, 0.717) is 12.2 Å². The molecule has 0 atom stereocenters. The highest BCUT2D eigenvalue weighted by molar-refractivity contribution is 5.94. The first-order valence-corrected chi connectivity index (χ1v) is 8.91. The van der Waals surface area contributed by atoms with E-state index >= 15 is 0 Å². The Hall–Kier alpha value is -3.20. The van der Waals surface area contributed by atoms with E-state index in [1.54, 1.807) is 6.92 Å². The largest absolute Gasteiger partial charge is 0.478 e. The Labute approximate surface area is 177 Å². The molecule has 0 aromatic heterocycles. The Morgan fingerprint density at radius 3 is 1.63 bits per heavy atom. The summed E-state index contributed by atoms with van der Waals surface area (Å²) >= 11 is 0. The number of carbonyl (C=O) groups excluding carboxylic acids is 2. The van der Waals surface area contributed by atoms with Crippen molar-refractivity contribution < 1.29 is 44.0 Å². The first kappa shape index (κ1) is 31.5. The molecule has 0 unspecified atom stereocenters. The molecule has 0 heterocycles. The fourth-order valence-corrected chi connectivity index (χ4v) is 1.05. The summed E-state index contributed by atoms with van der Waals surface area (Å²) in [4.78, 5) is 41.7. The van der Waals surface area contributed by atoms with Crippen LogP contribution >= 0.6 is 0 Å². The zero-order valence-corrected chi connectivity index (χ0v) is 18.0. The zero-order valence-electron chi connectivity index (χ0n) is 18.0. The minimum atomic E-state index is -1.07. The van der Waals surface area contributed by atoms with E-state index < -0.39 is 23.9 Å². The average molecular weight is 428 g/mol. The average Bonchev–Trinajstić information content (AvgIpc) is 2.66. The number of carboxylic acids is 2. The molecule has 0 bridgehead atoms. The van der Waals surface area contributed by atoms with Crippen molar-refractivity contribution in [2.45, 2.75) is 40.5 Å². The van der Waals surface area contributed by atoms with Gasteiger partial charge in [0.05, 0.1) is 18.8 Å². The number of carboxylic acid groups (broad SMARTS) is 2. The van der Waals surface area contributed by atoms with Crippen LogP contribution in [0.3, 0.4) is 0 Å². The number of aliphatic hydroxyl groups is 1. The van der Waals surface area contributed by atoms with E-state index in [0.717, 1.165) is 12.8 Å². The lowest BCUT2D eigenvalue weighted by Gasteiger charge is -2.03. The SMILES string of the molecule is C=C(C)C(=O)O.C=C(C)C(=O)OCCO.C=C(C=C(C)C(=O)O)C(=O)OCCCC. The Balaban J connectivity index is -0.000000411. The highest BCUT2D eigenvalue weighted by Gasteiger charge is 2.08. The summed E-state index contributed by atoms with van der Waals surface area (Å²) in [6.45, 7) is 16.6. The molecule has 0 amide bonds. The quantitative estimate of drug-likeness (QED) is 0.207. The summed E-state index contributed by atoms with van der Waals surface area (Å²) in [7, 11) is 0. The molecule has 0 aliphatic rings. The van der Waals surface area contributed by atoms with Gasteiger partial charge in [0.25, 0.3) is 0 Å². The normalized spacial score (nSPS) is 9.57. The third kappa shape index (κ3) is 21.1. The highest BCUT2D eigenvalue weighted by atomic mass is 16.5. The fraction of sp³-hybridized carbons (Fsp3) is 0.429. The van der Waals surface area contributed by atoms with Crippen LogP contribution in [0.25, 0.3) is 0 Å². The van der Waals surface area contributed by atoms with Crippen molar-refractivity contribution in [2.24, 2.45) is 0 Å². The smallest absolute Gasteiger partial charge is 0.337 e. The lowest BCUT2D eigenvalue weighted by molar-refractivity contribution is -0.140. The second kappa shape index (κ2) is 19.1. The molecule has 0 saturated carbocycles. The van der Waals surface area contributed by atoms with Gasteiger partial charge in [-0.3, -0.25) is 0 Å². The summed E-state index contributed by atoms with van der Waals surface area (Å²) in [5.74, 6) is -3.03. The summed E-state index contributed by atoms with van der Waals surface area (Å²) in [6, 6.07) is 0. The van der Waals surface area contributed by atoms with Gasteiger partial charge in [0.2, 0.25) is 0 Å². The number of unbranched alkanes of at least 4 members (excludes halogenated alkanes) is 1. The standard InChI is InChI=1S/C11H16O4.C6H10O3.C4H6O2/c1-4-5-6-15-11(14)9(3)7-8(2)10(12)13;1-5(2)6(8)9-4-3-7;1-3(2)4(5)6/h7H,3-6H2,1-2H3,(H,12,13);7H,1,3-4H2,2H3;1H2,2H3,(H,5,6). The Morgan fingerprint density at radius 2 is 1.30 bits per heavy atom. The predicted molar refractivity (Wildman–Crippen MR) is 112 cm³/mol. The molecule has 0 fully saturated rings. The molecular formula is C21H32O9. The molecular weight excluding hydrogens is 396 g/mol. The number of esters is 2. The summed E-state index contributed by atoms with van der Waals surface area (Å²) < 4.78 is 9.31. The number of aliphatic hydroxyl groups excluding tert-OH is 1. The molecule has 0 radical (unpaired) electrons. The van der Waals surface area contributed by atoms with Gasteiger partial charge in [-0.25, -0.2) is 19.2 Å². The maximum atomic E-state index is 11.2. The lowest BCUT2D eigenvalue weighted by atomic mass is 10.2. The van der Waals surface area contributed by atoms with Crippen molar-refractivity contribution in [3.8, 4) is 0 Å². The highest BCUT2D eigenvalue weighted by Crippen LogP contribution is 2.03. The number of hydrogen-bond acceptors (Lipinski definition) is 7. The first-order valence-electron chi connectivity index (χ1n) is 8.91. The summed E-state index contributed by atoms with van der Waals surface area (Å²) in [6.07, 6.45) is 2.93. The maximum Gasteiger partial charge on any atom is 0.337 e. The number of carbonyl (C=O) groups is 4. The zero-order chi connectivity index (χ0) is 24.3. The van der Waals surface area contributed by atoms with Crippen molar-refractivity contribution in [3.05, 3.63) is 48.1 Å². The minimum Gasteiger partial charge on any atom is -0.478 e. The van der Waals surface area contributed by atoms with Crippen molar-refractivity contribution in [3.63, 3.8) is 0 Å². The van der Waals surface area contributed by atoms with E-state index in [2.05, 4.69) is 24.5 Å². The van der Waals surface area contributed by atoms with E-state index in [1.165, 1.54) is 19.9 Å². The van der Waals surface area contributed by atoms with Crippen molar-refractivity contribution in [2.75, 3.05) is 19.8 Å². The van der Waals surface area contributed by atoms with Crippen LogP contribution in [0.2, 0.25) is 0 Å². The molecule has 0 spiro atoms. The Morgan fingerprint density at radius 1 is 0.833 bits per heavy atom. The Bertz CT molecular complexity index is 645. The Kier molecular flexibility index (Phi) is 20.1. The van der Waals surface area contributed by atoms with Gasteiger partial charge in [-0.05, 0) is 33.3 Å². The molecule has 0 aromatic carbocycles. The van der Waals surface area contributed by atoms with Gasteiger partial charge in [-0.15, -0.1) is 0 Å². The second-order valence-corrected chi connectivity index (χ2v) is 5.87. The maximum absolute atomic E-state index is 11.2. The molecule has 30 heavy (non-hydrogen) atoms. The third-order valence-corrected chi connectivity index (χ3v) is 2.76. The minimum absolute atomic E-state index is 0.0473. The van der Waals surface area contributed by atoms with Gasteiger partial charge >= 0.3 is 23.9 Å². The van der Waals surface area contributed by atoms with Crippen molar-refractivity contribution >= 4 is 23.9 Å². The van der Waals surface area contributed by atoms with Crippen molar-refractivity contribution in [1.82, 2.24) is 0 Å². The van der Waals surface area contributed by atoms with E-state index in [1.807, 2.05) is 6.92 Å². The second-order valence-electron chi connectivity index (χ2n) is 5.87. The third-order valence-electron chi connectivity index (χ3n) is 2.76. The van der Waals surface area contributed by atoms with Crippen LogP contribution in [0.4, 0.5) is 0 Å². The molecule has 0 aliphatic carbocycles. The van der Waals surface area contributed by atoms with Crippen LogP contribution in [-0.2, 0) is 28.7 Å². The van der Waals surface area contributed by atoms with Crippen LogP contribution in [-0.4, -0.2) is 59.0 Å². The molecule has 0 rings (SSSR count). The molecule has 0 aromatic rings. The van der Waals surface area contributed by atoms with Crippen molar-refractivity contribution in [1.29, 1.82) is 0 Å². The lowest BCUT2D eigenvalue weighted by Crippen LogP contribution is -2.08. The summed E-state index contributed by atoms with van der Waals surface area (Å²) in [5, 5.41) is 24.6. The van der Waals surface area contributed by atoms with Crippen LogP contribution < -0.4 is 0 Å². The van der Waals surface area contributed by atoms with Crippen LogP contribution in [0, 0.1) is 0 Å². The molecule has 0 saturated heterocycles. The molecule has 0 aliphatic heterocycles. The van der Waals surface area contributed by atoms with Gasteiger partial charge in [-0.1, -0.05) is 33.1 Å². The van der Waals surface area contributed by atoms with E-state index in [9.17, 15) is 19.2 Å². The van der Waals surface area contributed by atoms with Gasteiger partial charge in [0, 0.05) is 16.7 Å². The molecule has 9 nitrogen and oxygen atoms in total. The molecule has 170 valence electrons. The van der Waals surface area contributed by atoms with Gasteiger partial charge < -0.3 is 24.8 Å². The van der Waals surface area contributed by atoms with Crippen LogP contribution in [0.5, 0.6) is 0 Å². The van der Waals surface area contributed by atoms with Gasteiger partial charge in [-0.2, -0.15) is 0 Å². The number of rotatable bonds is 10. The van der Waals surface area contributed by atoms with Gasteiger partial charge in [0.15, 0.2) is 0 Å². The number of ether oxygens (including phenoxy) is 2. The van der Waals surface area contributed by atoms with Gasteiger partial charge in [0.1, 0.15) is 6.61 Å². The van der Waals surface area contributed by atoms with Crippen LogP contribution in [0.1, 0.15) is 40.5 Å². The number of aliphatic carboxylic acids is 2. The van der Waals surface area contributed by atoms with Crippen LogP contribution in [0.15, 0.2) is 48.1 Å². The predicted octanol–water partition coefficient (Wildman–Crippen LogP) is 2.66. The van der Waals surface area contributed by atoms with E-state index in [-0.39, 0.29) is 29.9 Å².